The first-order chi connectivity index (χ1) is 10.3. The third-order valence-corrected chi connectivity index (χ3v) is 4.40. The van der Waals surface area contributed by atoms with Gasteiger partial charge in [-0.25, -0.2) is 4.98 Å². The van der Waals surface area contributed by atoms with Gasteiger partial charge in [-0.3, -0.25) is 9.59 Å². The molecule has 0 bridgehead atoms. The predicted octanol–water partition coefficient (Wildman–Crippen LogP) is 1.02. The van der Waals surface area contributed by atoms with Crippen LogP contribution in [0.15, 0.2) is 5.38 Å². The maximum absolute atomic E-state index is 11.7. The molecule has 22 heavy (non-hydrogen) atoms. The van der Waals surface area contributed by atoms with Gasteiger partial charge in [-0.15, -0.1) is 11.3 Å². The van der Waals surface area contributed by atoms with Crippen LogP contribution in [0.1, 0.15) is 44.3 Å². The van der Waals surface area contributed by atoms with Gasteiger partial charge in [-0.05, 0) is 5.92 Å². The second-order valence-corrected chi connectivity index (χ2v) is 6.81. The number of hydrogen-bond acceptors (Lipinski definition) is 5. The molecule has 0 aliphatic rings. The van der Waals surface area contributed by atoms with Crippen molar-refractivity contribution in [1.82, 2.24) is 15.6 Å². The molecule has 1 aromatic rings. The molecule has 0 fully saturated rings. The van der Waals surface area contributed by atoms with Gasteiger partial charge in [0.05, 0.1) is 23.3 Å². The van der Waals surface area contributed by atoms with Gasteiger partial charge in [0.2, 0.25) is 11.8 Å². The van der Waals surface area contributed by atoms with Gasteiger partial charge in [0.15, 0.2) is 0 Å². The Morgan fingerprint density at radius 2 is 1.95 bits per heavy atom. The molecule has 1 atom stereocenters. The first kappa shape index (κ1) is 18.6. The number of thiazole rings is 1. The van der Waals surface area contributed by atoms with E-state index in [2.05, 4.69) is 29.5 Å². The smallest absolute Gasteiger partial charge is 0.239 e. The van der Waals surface area contributed by atoms with Crippen molar-refractivity contribution < 1.29 is 9.59 Å². The van der Waals surface area contributed by atoms with Gasteiger partial charge in [-0.2, -0.15) is 0 Å². The van der Waals surface area contributed by atoms with E-state index in [1.165, 1.54) is 0 Å². The molecule has 0 unspecified atom stereocenters. The molecule has 0 spiro atoms. The molecule has 0 radical (unpaired) electrons. The van der Waals surface area contributed by atoms with Crippen LogP contribution in [0.4, 0.5) is 0 Å². The zero-order valence-corrected chi connectivity index (χ0v) is 14.5. The van der Waals surface area contributed by atoms with E-state index in [1.807, 2.05) is 19.2 Å². The molecular weight excluding hydrogens is 300 g/mol. The third-order valence-electron chi connectivity index (χ3n) is 3.21. The topological polar surface area (TPSA) is 97.1 Å². The second kappa shape index (κ2) is 8.85. The normalized spacial score (nSPS) is 12.5. The molecular formula is C15H26N4O2S. The van der Waals surface area contributed by atoms with Crippen LogP contribution < -0.4 is 16.4 Å². The number of nitrogens with zero attached hydrogens (tertiary/aromatic N) is 1. The van der Waals surface area contributed by atoms with Gasteiger partial charge < -0.3 is 16.4 Å². The van der Waals surface area contributed by atoms with Gasteiger partial charge in [-0.1, -0.05) is 27.7 Å². The molecule has 0 aromatic carbocycles. The fourth-order valence-corrected chi connectivity index (χ4v) is 2.55. The molecule has 1 rings (SSSR count). The maximum atomic E-state index is 11.7. The molecule has 0 saturated carbocycles. The van der Waals surface area contributed by atoms with E-state index in [9.17, 15) is 9.59 Å². The SMILES string of the molecule is CC(C)c1nc(CCNC(=O)CNC(=O)[C@@H](N)C(C)C)cs1. The van der Waals surface area contributed by atoms with Gasteiger partial charge in [0, 0.05) is 24.3 Å². The van der Waals surface area contributed by atoms with E-state index in [4.69, 9.17) is 5.73 Å². The van der Waals surface area contributed by atoms with Crippen LogP contribution >= 0.6 is 11.3 Å². The number of hydrogen-bond donors (Lipinski definition) is 3. The Kier molecular flexibility index (Phi) is 7.47. The van der Waals surface area contributed by atoms with E-state index < -0.39 is 6.04 Å². The summed E-state index contributed by atoms with van der Waals surface area (Å²) in [6, 6.07) is -0.586. The molecule has 1 aromatic heterocycles. The van der Waals surface area contributed by atoms with Gasteiger partial charge >= 0.3 is 0 Å². The zero-order chi connectivity index (χ0) is 16.7. The highest BCUT2D eigenvalue weighted by Gasteiger charge is 2.17. The van der Waals surface area contributed by atoms with Crippen LogP contribution in [0.2, 0.25) is 0 Å². The van der Waals surface area contributed by atoms with E-state index >= 15 is 0 Å². The molecule has 1 heterocycles. The Morgan fingerprint density at radius 1 is 1.27 bits per heavy atom. The molecule has 2 amide bonds. The quantitative estimate of drug-likeness (QED) is 0.664. The molecule has 7 heteroatoms. The summed E-state index contributed by atoms with van der Waals surface area (Å²) in [6.45, 7) is 8.40. The van der Waals surface area contributed by atoms with E-state index in [1.54, 1.807) is 11.3 Å². The Labute approximate surface area is 135 Å². The first-order valence-corrected chi connectivity index (χ1v) is 8.43. The van der Waals surface area contributed by atoms with E-state index in [0.717, 1.165) is 10.7 Å². The summed E-state index contributed by atoms with van der Waals surface area (Å²) in [5, 5.41) is 8.43. The summed E-state index contributed by atoms with van der Waals surface area (Å²) in [6.07, 6.45) is 0.689. The Bertz CT molecular complexity index is 499. The van der Waals surface area contributed by atoms with Crippen molar-refractivity contribution in [1.29, 1.82) is 0 Å². The highest BCUT2D eigenvalue weighted by molar-refractivity contribution is 7.09. The van der Waals surface area contributed by atoms with Crippen molar-refractivity contribution in [2.24, 2.45) is 11.7 Å². The molecule has 124 valence electrons. The fraction of sp³-hybridized carbons (Fsp3) is 0.667. The summed E-state index contributed by atoms with van der Waals surface area (Å²) in [5.41, 5.74) is 6.68. The number of carbonyl (C=O) groups excluding carboxylic acids is 2. The van der Waals surface area contributed by atoms with Crippen LogP contribution in [-0.2, 0) is 16.0 Å². The Balaban J connectivity index is 2.24. The summed E-state index contributed by atoms with van der Waals surface area (Å²) >= 11 is 1.64. The number of amides is 2. The zero-order valence-electron chi connectivity index (χ0n) is 13.7. The van der Waals surface area contributed by atoms with Crippen LogP contribution in [0.25, 0.3) is 0 Å². The second-order valence-electron chi connectivity index (χ2n) is 5.92. The van der Waals surface area contributed by atoms with Crippen LogP contribution in [-0.4, -0.2) is 35.9 Å². The molecule has 0 saturated heterocycles. The van der Waals surface area contributed by atoms with Crippen molar-refractivity contribution in [3.05, 3.63) is 16.1 Å². The lowest BCUT2D eigenvalue weighted by Crippen LogP contribution is -2.47. The maximum Gasteiger partial charge on any atom is 0.239 e. The lowest BCUT2D eigenvalue weighted by atomic mass is 10.1. The van der Waals surface area contributed by atoms with Crippen molar-refractivity contribution in [3.8, 4) is 0 Å². The highest BCUT2D eigenvalue weighted by atomic mass is 32.1. The standard InChI is InChI=1S/C15H26N4O2S/c1-9(2)13(16)14(21)18-7-12(20)17-6-5-11-8-22-15(19-11)10(3)4/h8-10,13H,5-7,16H2,1-4H3,(H,17,20)(H,18,21)/t13-/m0/s1. The number of nitrogens with two attached hydrogens (primary N) is 1. The average molecular weight is 326 g/mol. The monoisotopic (exact) mass is 326 g/mol. The van der Waals surface area contributed by atoms with Crippen LogP contribution in [0.5, 0.6) is 0 Å². The molecule has 4 N–H and O–H groups in total. The number of nitrogens with one attached hydrogen (secondary N) is 2. The van der Waals surface area contributed by atoms with Gasteiger partial charge in [0.1, 0.15) is 0 Å². The van der Waals surface area contributed by atoms with Crippen LogP contribution in [0.3, 0.4) is 0 Å². The predicted molar refractivity (Wildman–Crippen MR) is 88.7 cm³/mol. The molecule has 0 aliphatic heterocycles. The van der Waals surface area contributed by atoms with Crippen molar-refractivity contribution >= 4 is 23.2 Å². The van der Waals surface area contributed by atoms with Crippen LogP contribution in [0, 0.1) is 5.92 Å². The Morgan fingerprint density at radius 3 is 2.50 bits per heavy atom. The van der Waals surface area contributed by atoms with Crippen molar-refractivity contribution in [2.75, 3.05) is 13.1 Å². The highest BCUT2D eigenvalue weighted by Crippen LogP contribution is 2.19. The largest absolute Gasteiger partial charge is 0.354 e. The average Bonchev–Trinajstić information content (AvgIpc) is 2.92. The summed E-state index contributed by atoms with van der Waals surface area (Å²) < 4.78 is 0. The first-order valence-electron chi connectivity index (χ1n) is 7.55. The summed E-state index contributed by atoms with van der Waals surface area (Å²) in [5.74, 6) is -0.0496. The molecule has 6 nitrogen and oxygen atoms in total. The minimum atomic E-state index is -0.586. The summed E-state index contributed by atoms with van der Waals surface area (Å²) in [4.78, 5) is 27.8. The van der Waals surface area contributed by atoms with Crippen molar-refractivity contribution in [2.45, 2.75) is 46.1 Å². The Hall–Kier alpha value is -1.47. The summed E-state index contributed by atoms with van der Waals surface area (Å²) in [7, 11) is 0. The van der Waals surface area contributed by atoms with E-state index in [0.29, 0.717) is 18.9 Å². The lowest BCUT2D eigenvalue weighted by Gasteiger charge is -2.15. The lowest BCUT2D eigenvalue weighted by molar-refractivity contribution is -0.127. The van der Waals surface area contributed by atoms with Gasteiger partial charge in [0.25, 0.3) is 0 Å². The number of rotatable bonds is 8. The minimum absolute atomic E-state index is 0.0443. The number of aromatic nitrogens is 1. The minimum Gasteiger partial charge on any atom is -0.354 e. The third kappa shape index (κ3) is 6.11. The van der Waals surface area contributed by atoms with E-state index in [-0.39, 0.29) is 24.3 Å². The molecule has 0 aliphatic carbocycles. The fourth-order valence-electron chi connectivity index (χ4n) is 1.68. The number of carbonyl (C=O) groups is 2. The van der Waals surface area contributed by atoms with Crippen molar-refractivity contribution in [3.63, 3.8) is 0 Å².